The van der Waals surface area contributed by atoms with E-state index in [1.54, 1.807) is 0 Å². The minimum Gasteiger partial charge on any atom is -0.366 e. The maximum Gasteiger partial charge on any atom is 0.419 e. The summed E-state index contributed by atoms with van der Waals surface area (Å²) in [7, 11) is 0. The second kappa shape index (κ2) is 6.83. The Morgan fingerprint density at radius 1 is 1.00 bits per heavy atom. The summed E-state index contributed by atoms with van der Waals surface area (Å²) in [4.78, 5) is 11.0. The number of alkyl halides is 3. The van der Waals surface area contributed by atoms with Gasteiger partial charge in [-0.05, 0) is 54.7 Å². The highest BCUT2D eigenvalue weighted by Crippen LogP contribution is 2.33. The van der Waals surface area contributed by atoms with Crippen molar-refractivity contribution in [1.29, 1.82) is 0 Å². The summed E-state index contributed by atoms with van der Waals surface area (Å²) < 4.78 is 51.2. The minimum atomic E-state index is -4.80. The van der Waals surface area contributed by atoms with Crippen molar-refractivity contribution in [2.24, 2.45) is 5.73 Å². The summed E-state index contributed by atoms with van der Waals surface area (Å²) in [6.07, 6.45) is -4.80. The van der Waals surface area contributed by atoms with E-state index in [0.717, 1.165) is 6.07 Å². The van der Waals surface area contributed by atoms with Gasteiger partial charge in [0.05, 0.1) is 5.56 Å². The van der Waals surface area contributed by atoms with Crippen molar-refractivity contribution in [2.75, 3.05) is 10.6 Å². The Kier molecular flexibility index (Phi) is 5.03. The number of hydrogen-bond donors (Lipinski definition) is 3. The van der Waals surface area contributed by atoms with Gasteiger partial charge in [0, 0.05) is 16.9 Å². The molecule has 0 saturated carbocycles. The number of anilines is 2. The zero-order valence-electron chi connectivity index (χ0n) is 11.9. The van der Waals surface area contributed by atoms with Crippen LogP contribution in [-0.2, 0) is 6.18 Å². The summed E-state index contributed by atoms with van der Waals surface area (Å²) in [5.41, 5.74) is 4.50. The fraction of sp³-hybridized carbons (Fsp3) is 0.0667. The third-order valence-corrected chi connectivity index (χ3v) is 3.16. The molecule has 2 aromatic rings. The van der Waals surface area contributed by atoms with Crippen LogP contribution >= 0.6 is 12.2 Å². The molecule has 0 radical (unpaired) electrons. The van der Waals surface area contributed by atoms with Crippen LogP contribution in [0.5, 0.6) is 0 Å². The number of halogens is 4. The van der Waals surface area contributed by atoms with Crippen LogP contribution in [0, 0.1) is 5.82 Å². The van der Waals surface area contributed by atoms with Crippen molar-refractivity contribution in [3.8, 4) is 0 Å². The molecule has 0 fully saturated rings. The lowest BCUT2D eigenvalue weighted by atomic mass is 10.2. The van der Waals surface area contributed by atoms with Crippen molar-refractivity contribution in [3.05, 3.63) is 59.4 Å². The molecular weight excluding hydrogens is 346 g/mol. The Labute approximate surface area is 139 Å². The van der Waals surface area contributed by atoms with E-state index in [4.69, 9.17) is 18.0 Å². The van der Waals surface area contributed by atoms with Gasteiger partial charge >= 0.3 is 6.18 Å². The number of carbonyl (C=O) groups is 1. The third-order valence-electron chi connectivity index (χ3n) is 2.96. The van der Waals surface area contributed by atoms with Crippen LogP contribution < -0.4 is 16.4 Å². The first-order chi connectivity index (χ1) is 11.2. The van der Waals surface area contributed by atoms with Crippen LogP contribution in [0.4, 0.5) is 28.9 Å². The molecule has 0 spiro atoms. The second-order valence-corrected chi connectivity index (χ2v) is 5.12. The fourth-order valence-electron chi connectivity index (χ4n) is 1.83. The molecule has 0 aliphatic heterocycles. The summed E-state index contributed by atoms with van der Waals surface area (Å²) in [6.45, 7) is 0. The van der Waals surface area contributed by atoms with Crippen LogP contribution in [0.15, 0.2) is 42.5 Å². The molecule has 0 bridgehead atoms. The molecule has 2 rings (SSSR count). The molecule has 24 heavy (non-hydrogen) atoms. The van der Waals surface area contributed by atoms with E-state index in [1.807, 2.05) is 0 Å². The number of rotatable bonds is 3. The molecular formula is C15H11F4N3OS. The van der Waals surface area contributed by atoms with Gasteiger partial charge < -0.3 is 16.4 Å². The summed E-state index contributed by atoms with van der Waals surface area (Å²) in [5.74, 6) is -1.96. The van der Waals surface area contributed by atoms with Gasteiger partial charge in [-0.2, -0.15) is 13.2 Å². The molecule has 126 valence electrons. The van der Waals surface area contributed by atoms with Gasteiger partial charge in [-0.15, -0.1) is 0 Å². The van der Waals surface area contributed by atoms with Crippen LogP contribution in [-0.4, -0.2) is 11.0 Å². The van der Waals surface area contributed by atoms with Gasteiger partial charge in [0.15, 0.2) is 5.11 Å². The number of benzene rings is 2. The van der Waals surface area contributed by atoms with Gasteiger partial charge in [-0.25, -0.2) is 4.39 Å². The number of carbonyl (C=O) groups excluding carboxylic acids is 1. The van der Waals surface area contributed by atoms with Crippen molar-refractivity contribution in [3.63, 3.8) is 0 Å². The number of amides is 1. The highest BCUT2D eigenvalue weighted by molar-refractivity contribution is 7.80. The van der Waals surface area contributed by atoms with Crippen LogP contribution in [0.2, 0.25) is 0 Å². The predicted molar refractivity (Wildman–Crippen MR) is 86.2 cm³/mol. The topological polar surface area (TPSA) is 67.2 Å². The third kappa shape index (κ3) is 4.42. The molecule has 2 aromatic carbocycles. The SMILES string of the molecule is NC(=O)c1ccc(NC(=S)Nc2ccc(F)c(C(F)(F)F)c2)cc1. The van der Waals surface area contributed by atoms with Crippen molar-refractivity contribution in [1.82, 2.24) is 0 Å². The van der Waals surface area contributed by atoms with Gasteiger partial charge in [-0.1, -0.05) is 0 Å². The molecule has 0 atom stereocenters. The Morgan fingerprint density at radius 2 is 1.54 bits per heavy atom. The van der Waals surface area contributed by atoms with Crippen molar-refractivity contribution in [2.45, 2.75) is 6.18 Å². The number of nitrogens with two attached hydrogens (primary N) is 1. The monoisotopic (exact) mass is 357 g/mol. The lowest BCUT2D eigenvalue weighted by Gasteiger charge is -2.13. The summed E-state index contributed by atoms with van der Waals surface area (Å²) >= 11 is 4.98. The first kappa shape index (κ1) is 17.7. The van der Waals surface area contributed by atoms with Gasteiger partial charge in [0.1, 0.15) is 5.82 Å². The Morgan fingerprint density at radius 3 is 2.08 bits per heavy atom. The van der Waals surface area contributed by atoms with Crippen LogP contribution in [0.25, 0.3) is 0 Å². The minimum absolute atomic E-state index is 0.00144. The van der Waals surface area contributed by atoms with Crippen molar-refractivity contribution >= 4 is 34.6 Å². The maximum absolute atomic E-state index is 13.2. The van der Waals surface area contributed by atoms with E-state index in [0.29, 0.717) is 23.4 Å². The zero-order valence-corrected chi connectivity index (χ0v) is 12.8. The van der Waals surface area contributed by atoms with Crippen LogP contribution in [0.3, 0.4) is 0 Å². The number of nitrogens with one attached hydrogen (secondary N) is 2. The molecule has 0 aliphatic carbocycles. The average molecular weight is 357 g/mol. The molecule has 0 aromatic heterocycles. The van der Waals surface area contributed by atoms with E-state index < -0.39 is 23.5 Å². The smallest absolute Gasteiger partial charge is 0.366 e. The fourth-order valence-corrected chi connectivity index (χ4v) is 2.07. The van der Waals surface area contributed by atoms with E-state index >= 15 is 0 Å². The molecule has 0 unspecified atom stereocenters. The quantitative estimate of drug-likeness (QED) is 0.578. The van der Waals surface area contributed by atoms with Gasteiger partial charge in [-0.3, -0.25) is 4.79 Å². The maximum atomic E-state index is 13.2. The van der Waals surface area contributed by atoms with Crippen molar-refractivity contribution < 1.29 is 22.4 Å². The van der Waals surface area contributed by atoms with Gasteiger partial charge in [0.2, 0.25) is 5.91 Å². The predicted octanol–water partition coefficient (Wildman–Crippen LogP) is 3.75. The molecule has 0 heterocycles. The first-order valence-corrected chi connectivity index (χ1v) is 6.92. The summed E-state index contributed by atoms with van der Waals surface area (Å²) in [6, 6.07) is 8.45. The van der Waals surface area contributed by atoms with E-state index in [9.17, 15) is 22.4 Å². The number of primary amides is 1. The zero-order chi connectivity index (χ0) is 17.9. The lowest BCUT2D eigenvalue weighted by molar-refractivity contribution is -0.139. The number of hydrogen-bond acceptors (Lipinski definition) is 2. The first-order valence-electron chi connectivity index (χ1n) is 6.51. The number of thiocarbonyl (C=S) groups is 1. The Balaban J connectivity index is 2.08. The molecule has 9 heteroatoms. The van der Waals surface area contributed by atoms with Gasteiger partial charge in [0.25, 0.3) is 0 Å². The Bertz CT molecular complexity index is 775. The largest absolute Gasteiger partial charge is 0.419 e. The molecule has 4 nitrogen and oxygen atoms in total. The standard InChI is InChI=1S/C15H11F4N3OS/c16-12-6-5-10(7-11(12)15(17,18)19)22-14(24)21-9-3-1-8(2-4-9)13(20)23/h1-7H,(H2,20,23)(H2,21,22,24). The van der Waals surface area contributed by atoms with E-state index in [1.165, 1.54) is 24.3 Å². The second-order valence-electron chi connectivity index (χ2n) is 4.71. The molecule has 0 aliphatic rings. The average Bonchev–Trinajstić information content (AvgIpc) is 2.48. The highest BCUT2D eigenvalue weighted by Gasteiger charge is 2.34. The van der Waals surface area contributed by atoms with E-state index in [2.05, 4.69) is 10.6 Å². The normalized spacial score (nSPS) is 11.0. The lowest BCUT2D eigenvalue weighted by Crippen LogP contribution is -2.20. The molecule has 4 N–H and O–H groups in total. The van der Waals surface area contributed by atoms with E-state index in [-0.39, 0.29) is 10.8 Å². The molecule has 1 amide bonds. The summed E-state index contributed by atoms with van der Waals surface area (Å²) in [5, 5.41) is 5.25. The Hall–Kier alpha value is -2.68. The highest BCUT2D eigenvalue weighted by atomic mass is 32.1. The van der Waals surface area contributed by atoms with Crippen LogP contribution in [0.1, 0.15) is 15.9 Å². The molecule has 0 saturated heterocycles.